The number of rotatable bonds is 7. The maximum Gasteiger partial charge on any atom is 0.0757 e. The van der Waals surface area contributed by atoms with E-state index >= 15 is 0 Å². The minimum atomic E-state index is -0.500. The van der Waals surface area contributed by atoms with Crippen molar-refractivity contribution in [2.24, 2.45) is 0 Å². The van der Waals surface area contributed by atoms with Gasteiger partial charge in [0.2, 0.25) is 0 Å². The lowest BCUT2D eigenvalue weighted by Crippen LogP contribution is -2.11. The number of aliphatic hydroxyl groups is 2. The molecule has 0 aliphatic heterocycles. The van der Waals surface area contributed by atoms with Crippen molar-refractivity contribution in [1.29, 1.82) is 0 Å². The van der Waals surface area contributed by atoms with Crippen LogP contribution in [0, 0.1) is 0 Å². The lowest BCUT2D eigenvalue weighted by atomic mass is 9.99. The summed E-state index contributed by atoms with van der Waals surface area (Å²) in [5.41, 5.74) is 1.93. The molecular weight excluding hydrogens is 212 g/mol. The van der Waals surface area contributed by atoms with Crippen LogP contribution in [0.25, 0.3) is 6.08 Å². The summed E-state index contributed by atoms with van der Waals surface area (Å²) >= 11 is 0. The van der Waals surface area contributed by atoms with Gasteiger partial charge in [0.25, 0.3) is 0 Å². The average Bonchev–Trinajstić information content (AvgIpc) is 2.36. The van der Waals surface area contributed by atoms with Gasteiger partial charge in [-0.3, -0.25) is 0 Å². The molecule has 1 aromatic carbocycles. The normalized spacial score (nSPS) is 13.4. The number of hydrogen-bond acceptors (Lipinski definition) is 2. The van der Waals surface area contributed by atoms with E-state index in [0.29, 0.717) is 12.8 Å². The van der Waals surface area contributed by atoms with Crippen molar-refractivity contribution in [3.05, 3.63) is 54.1 Å². The van der Waals surface area contributed by atoms with Crippen molar-refractivity contribution < 1.29 is 10.2 Å². The minimum absolute atomic E-state index is 0.0593. The fraction of sp³-hybridized carbons (Fsp3) is 0.333. The number of hydrogen-bond donors (Lipinski definition) is 2. The van der Waals surface area contributed by atoms with Gasteiger partial charge in [-0.05, 0) is 30.4 Å². The molecule has 2 heteroatoms. The third-order valence-corrected chi connectivity index (χ3v) is 2.62. The molecule has 0 radical (unpaired) electrons. The smallest absolute Gasteiger partial charge is 0.0757 e. The minimum Gasteiger partial charge on any atom is -0.396 e. The van der Waals surface area contributed by atoms with E-state index in [0.717, 1.165) is 17.6 Å². The first-order valence-electron chi connectivity index (χ1n) is 5.93. The van der Waals surface area contributed by atoms with Crippen LogP contribution in [0.2, 0.25) is 0 Å². The van der Waals surface area contributed by atoms with Crippen LogP contribution in [0.5, 0.6) is 0 Å². The van der Waals surface area contributed by atoms with Crippen molar-refractivity contribution in [2.75, 3.05) is 6.61 Å². The SMILES string of the molecule is C=CCCC(O)/C(=C\c1ccccc1)CCO. The van der Waals surface area contributed by atoms with E-state index < -0.39 is 6.10 Å². The molecule has 1 atom stereocenters. The van der Waals surface area contributed by atoms with Crippen molar-refractivity contribution >= 4 is 6.08 Å². The summed E-state index contributed by atoms with van der Waals surface area (Å²) in [5.74, 6) is 0. The molecule has 0 saturated carbocycles. The quantitative estimate of drug-likeness (QED) is 0.710. The third kappa shape index (κ3) is 4.98. The first-order valence-corrected chi connectivity index (χ1v) is 5.93. The molecule has 0 fully saturated rings. The Bertz CT molecular complexity index is 354. The van der Waals surface area contributed by atoms with Gasteiger partial charge in [0.15, 0.2) is 0 Å². The lowest BCUT2D eigenvalue weighted by Gasteiger charge is -2.13. The van der Waals surface area contributed by atoms with Gasteiger partial charge >= 0.3 is 0 Å². The first kappa shape index (κ1) is 13.7. The van der Waals surface area contributed by atoms with E-state index in [4.69, 9.17) is 5.11 Å². The molecule has 1 aromatic rings. The summed E-state index contributed by atoms with van der Waals surface area (Å²) in [6.45, 7) is 3.70. The summed E-state index contributed by atoms with van der Waals surface area (Å²) in [5, 5.41) is 19.0. The Balaban J connectivity index is 2.77. The Morgan fingerprint density at radius 3 is 2.59 bits per heavy atom. The molecule has 0 spiro atoms. The largest absolute Gasteiger partial charge is 0.396 e. The molecule has 0 heterocycles. The molecular formula is C15H20O2. The Kier molecular flexibility index (Phi) is 6.30. The van der Waals surface area contributed by atoms with E-state index in [1.165, 1.54) is 0 Å². The van der Waals surface area contributed by atoms with Gasteiger partial charge < -0.3 is 10.2 Å². The van der Waals surface area contributed by atoms with Gasteiger partial charge in [0.1, 0.15) is 0 Å². The molecule has 2 N–H and O–H groups in total. The fourth-order valence-corrected chi connectivity index (χ4v) is 1.69. The molecule has 0 amide bonds. The topological polar surface area (TPSA) is 40.5 Å². The van der Waals surface area contributed by atoms with Crippen molar-refractivity contribution in [3.63, 3.8) is 0 Å². The summed E-state index contributed by atoms with van der Waals surface area (Å²) < 4.78 is 0. The Morgan fingerprint density at radius 2 is 2.00 bits per heavy atom. The maximum absolute atomic E-state index is 10.0. The fourth-order valence-electron chi connectivity index (χ4n) is 1.69. The number of benzene rings is 1. The van der Waals surface area contributed by atoms with Gasteiger partial charge in [-0.2, -0.15) is 0 Å². The lowest BCUT2D eigenvalue weighted by molar-refractivity contribution is 0.190. The third-order valence-electron chi connectivity index (χ3n) is 2.62. The van der Waals surface area contributed by atoms with E-state index in [-0.39, 0.29) is 6.61 Å². The van der Waals surface area contributed by atoms with E-state index in [1.807, 2.05) is 36.4 Å². The van der Waals surface area contributed by atoms with Gasteiger partial charge in [-0.1, -0.05) is 42.5 Å². The van der Waals surface area contributed by atoms with Crippen LogP contribution in [0.4, 0.5) is 0 Å². The van der Waals surface area contributed by atoms with Gasteiger partial charge in [0, 0.05) is 6.61 Å². The zero-order valence-corrected chi connectivity index (χ0v) is 10.0. The molecule has 2 nitrogen and oxygen atoms in total. The highest BCUT2D eigenvalue weighted by atomic mass is 16.3. The molecule has 92 valence electrons. The molecule has 0 saturated heterocycles. The van der Waals surface area contributed by atoms with Crippen LogP contribution in [0.1, 0.15) is 24.8 Å². The predicted molar refractivity (Wildman–Crippen MR) is 71.6 cm³/mol. The zero-order valence-electron chi connectivity index (χ0n) is 10.0. The molecule has 0 aliphatic carbocycles. The number of allylic oxidation sites excluding steroid dienone is 1. The van der Waals surface area contributed by atoms with Crippen LogP contribution in [-0.2, 0) is 0 Å². The van der Waals surface area contributed by atoms with E-state index in [1.54, 1.807) is 6.08 Å². The zero-order chi connectivity index (χ0) is 12.5. The van der Waals surface area contributed by atoms with Crippen molar-refractivity contribution in [2.45, 2.75) is 25.4 Å². The molecule has 1 unspecified atom stereocenters. The van der Waals surface area contributed by atoms with Crippen LogP contribution in [-0.4, -0.2) is 22.9 Å². The van der Waals surface area contributed by atoms with Gasteiger partial charge in [-0.25, -0.2) is 0 Å². The van der Waals surface area contributed by atoms with Crippen LogP contribution in [0.3, 0.4) is 0 Å². The second-order valence-corrected chi connectivity index (χ2v) is 3.99. The number of aliphatic hydroxyl groups excluding tert-OH is 2. The predicted octanol–water partition coefficient (Wildman–Crippen LogP) is 2.78. The highest BCUT2D eigenvalue weighted by Crippen LogP contribution is 2.17. The molecule has 0 aliphatic rings. The summed E-state index contributed by atoms with van der Waals surface area (Å²) in [7, 11) is 0. The summed E-state index contributed by atoms with van der Waals surface area (Å²) in [6, 6.07) is 9.84. The van der Waals surface area contributed by atoms with Gasteiger partial charge in [-0.15, -0.1) is 6.58 Å². The summed E-state index contributed by atoms with van der Waals surface area (Å²) in [6.07, 6.45) is 5.18. The summed E-state index contributed by atoms with van der Waals surface area (Å²) in [4.78, 5) is 0. The molecule has 17 heavy (non-hydrogen) atoms. The van der Waals surface area contributed by atoms with E-state index in [9.17, 15) is 5.11 Å². The van der Waals surface area contributed by atoms with Gasteiger partial charge in [0.05, 0.1) is 6.10 Å². The van der Waals surface area contributed by atoms with Crippen LogP contribution < -0.4 is 0 Å². The Morgan fingerprint density at radius 1 is 1.29 bits per heavy atom. The van der Waals surface area contributed by atoms with Crippen molar-refractivity contribution in [3.8, 4) is 0 Å². The monoisotopic (exact) mass is 232 g/mol. The second-order valence-electron chi connectivity index (χ2n) is 3.99. The molecule has 0 bridgehead atoms. The molecule has 1 rings (SSSR count). The standard InChI is InChI=1S/C15H20O2/c1-2-3-9-15(17)14(10-11-16)12-13-7-5-4-6-8-13/h2,4-8,12,15-17H,1,3,9-11H2/b14-12-. The van der Waals surface area contributed by atoms with Crippen LogP contribution >= 0.6 is 0 Å². The Hall–Kier alpha value is -1.38. The first-order chi connectivity index (χ1) is 8.27. The van der Waals surface area contributed by atoms with Crippen molar-refractivity contribution in [1.82, 2.24) is 0 Å². The average molecular weight is 232 g/mol. The molecule has 0 aromatic heterocycles. The van der Waals surface area contributed by atoms with E-state index in [2.05, 4.69) is 6.58 Å². The Labute approximate surface area is 103 Å². The maximum atomic E-state index is 10.0. The highest BCUT2D eigenvalue weighted by Gasteiger charge is 2.09. The second kappa shape index (κ2) is 7.82. The van der Waals surface area contributed by atoms with Crippen LogP contribution in [0.15, 0.2) is 48.6 Å². The highest BCUT2D eigenvalue weighted by molar-refractivity contribution is 5.53.